The monoisotopic (exact) mass is 448 g/mol. The van der Waals surface area contributed by atoms with Gasteiger partial charge in [-0.25, -0.2) is 0 Å². The van der Waals surface area contributed by atoms with Crippen LogP contribution < -0.4 is 10.1 Å². The maximum absolute atomic E-state index is 13.2. The number of aliphatic hydroxyl groups excluding tert-OH is 1. The van der Waals surface area contributed by atoms with E-state index in [1.165, 1.54) is 5.56 Å². The third-order valence-corrected chi connectivity index (χ3v) is 6.52. The molecule has 0 bridgehead atoms. The molecule has 3 heterocycles. The summed E-state index contributed by atoms with van der Waals surface area (Å²) in [6, 6.07) is 11.7. The van der Waals surface area contributed by atoms with Crippen LogP contribution in [0.3, 0.4) is 0 Å². The number of hydrogen-bond donors (Lipinski definition) is 2. The average molecular weight is 449 g/mol. The van der Waals surface area contributed by atoms with E-state index in [9.17, 15) is 9.90 Å². The number of aromatic nitrogens is 1. The maximum atomic E-state index is 13.2. The molecule has 2 N–H and O–H groups in total. The zero-order valence-electron chi connectivity index (χ0n) is 18.9. The number of carbonyl (C=O) groups is 1. The molecule has 0 radical (unpaired) electrons. The van der Waals surface area contributed by atoms with Crippen LogP contribution in [0.2, 0.25) is 0 Å². The highest BCUT2D eigenvalue weighted by molar-refractivity contribution is 5.98. The van der Waals surface area contributed by atoms with Gasteiger partial charge in [0.05, 0.1) is 36.6 Å². The number of nitrogens with zero attached hydrogens (tertiary/aromatic N) is 1. The van der Waals surface area contributed by atoms with Crippen LogP contribution in [-0.4, -0.2) is 48.1 Å². The minimum absolute atomic E-state index is 0.212. The van der Waals surface area contributed by atoms with Crippen LogP contribution in [0.25, 0.3) is 11.3 Å². The molecular weight excluding hydrogens is 420 g/mol. The lowest BCUT2D eigenvalue weighted by molar-refractivity contribution is -0.0261. The summed E-state index contributed by atoms with van der Waals surface area (Å²) < 4.78 is 16.5. The predicted octanol–water partition coefficient (Wildman–Crippen LogP) is 3.36. The molecule has 0 aliphatic carbocycles. The number of aliphatic hydroxyl groups is 1. The van der Waals surface area contributed by atoms with Gasteiger partial charge in [0.2, 0.25) is 0 Å². The number of benzene rings is 2. The summed E-state index contributed by atoms with van der Waals surface area (Å²) in [5, 5.41) is 17.1. The Hall–Kier alpha value is -3.16. The summed E-state index contributed by atoms with van der Waals surface area (Å²) in [6.07, 6.45) is 1.38. The number of amides is 1. The van der Waals surface area contributed by atoms with Crippen molar-refractivity contribution in [2.75, 3.05) is 19.8 Å². The summed E-state index contributed by atoms with van der Waals surface area (Å²) in [5.41, 5.74) is 6.87. The molecule has 0 unspecified atom stereocenters. The average Bonchev–Trinajstić information content (AvgIpc) is 3.47. The number of nitrogens with one attached hydrogen (secondary N) is 1. The Kier molecular flexibility index (Phi) is 5.91. The number of ether oxygens (including phenoxy) is 2. The van der Waals surface area contributed by atoms with Crippen LogP contribution >= 0.6 is 0 Å². The number of aryl methyl sites for hydroxylation is 1. The van der Waals surface area contributed by atoms with Crippen molar-refractivity contribution in [1.29, 1.82) is 0 Å². The Bertz CT molecular complexity index is 1170. The molecule has 2 aromatic carbocycles. The van der Waals surface area contributed by atoms with Crippen molar-refractivity contribution in [2.45, 2.75) is 45.3 Å². The Morgan fingerprint density at radius 3 is 2.73 bits per heavy atom. The molecule has 1 fully saturated rings. The molecule has 5 rings (SSSR count). The molecule has 1 amide bonds. The molecule has 3 aromatic rings. The molecule has 2 atom stereocenters. The van der Waals surface area contributed by atoms with Gasteiger partial charge in [-0.15, -0.1) is 0 Å². The molecule has 2 aliphatic heterocycles. The maximum Gasteiger partial charge on any atom is 0.255 e. The first-order valence-electron chi connectivity index (χ1n) is 11.4. The van der Waals surface area contributed by atoms with Gasteiger partial charge in [-0.05, 0) is 49.4 Å². The summed E-state index contributed by atoms with van der Waals surface area (Å²) in [6.45, 7) is 5.34. The van der Waals surface area contributed by atoms with E-state index in [2.05, 4.69) is 29.5 Å². The van der Waals surface area contributed by atoms with Crippen molar-refractivity contribution in [3.8, 4) is 17.1 Å². The van der Waals surface area contributed by atoms with Gasteiger partial charge in [0.25, 0.3) is 5.91 Å². The minimum Gasteiger partial charge on any atom is -0.492 e. The topological polar surface area (TPSA) is 93.8 Å². The Morgan fingerprint density at radius 2 is 2.00 bits per heavy atom. The lowest BCUT2D eigenvalue weighted by Gasteiger charge is -2.28. The van der Waals surface area contributed by atoms with Gasteiger partial charge in [-0.3, -0.25) is 4.79 Å². The van der Waals surface area contributed by atoms with Crippen molar-refractivity contribution in [3.63, 3.8) is 0 Å². The summed E-state index contributed by atoms with van der Waals surface area (Å²) in [7, 11) is 0. The molecule has 0 spiro atoms. The van der Waals surface area contributed by atoms with Gasteiger partial charge in [0.15, 0.2) is 5.76 Å². The molecule has 0 saturated carbocycles. The SMILES string of the molecule is Cc1cc(-c2ccc(Cc3cc(C(=O)N[C@H]4CCOC[C@@H]4O)c4c(c3C)CCO4)cc2)on1. The molecule has 1 aromatic heterocycles. The van der Waals surface area contributed by atoms with E-state index in [0.717, 1.165) is 40.1 Å². The van der Waals surface area contributed by atoms with E-state index in [-0.39, 0.29) is 18.6 Å². The van der Waals surface area contributed by atoms with Gasteiger partial charge >= 0.3 is 0 Å². The molecule has 1 saturated heterocycles. The second-order valence-corrected chi connectivity index (χ2v) is 8.83. The highest BCUT2D eigenvalue weighted by Gasteiger charge is 2.29. The van der Waals surface area contributed by atoms with Crippen molar-refractivity contribution in [1.82, 2.24) is 10.5 Å². The predicted molar refractivity (Wildman–Crippen MR) is 123 cm³/mol. The molecular formula is C26H28N2O5. The molecule has 7 heteroatoms. The van der Waals surface area contributed by atoms with Crippen molar-refractivity contribution < 1.29 is 23.9 Å². The van der Waals surface area contributed by atoms with Crippen LogP contribution in [0.1, 0.15) is 44.7 Å². The third-order valence-electron chi connectivity index (χ3n) is 6.52. The zero-order valence-corrected chi connectivity index (χ0v) is 18.9. The second-order valence-electron chi connectivity index (χ2n) is 8.83. The number of carbonyl (C=O) groups excluding carboxylic acids is 1. The van der Waals surface area contributed by atoms with Crippen LogP contribution in [0, 0.1) is 13.8 Å². The van der Waals surface area contributed by atoms with Crippen molar-refractivity contribution in [3.05, 3.63) is 69.9 Å². The quantitative estimate of drug-likeness (QED) is 0.622. The standard InChI is InChI=1S/C26H28N2O5/c1-15-11-24(33-28-15)18-5-3-17(4-6-18)12-19-13-21(25-20(16(19)2)7-10-32-25)26(30)27-22-8-9-31-14-23(22)29/h3-6,11,13,22-23,29H,7-10,12,14H2,1-2H3,(H,27,30)/t22-,23-/m0/s1. The molecule has 7 nitrogen and oxygen atoms in total. The smallest absolute Gasteiger partial charge is 0.255 e. The summed E-state index contributed by atoms with van der Waals surface area (Å²) >= 11 is 0. The highest BCUT2D eigenvalue weighted by atomic mass is 16.5. The Morgan fingerprint density at radius 1 is 1.18 bits per heavy atom. The van der Waals surface area contributed by atoms with E-state index < -0.39 is 6.10 Å². The number of fused-ring (bicyclic) bond motifs is 1. The summed E-state index contributed by atoms with van der Waals surface area (Å²) in [5.74, 6) is 1.21. The lowest BCUT2D eigenvalue weighted by atomic mass is 9.92. The normalized spacial score (nSPS) is 19.7. The van der Waals surface area contributed by atoms with E-state index >= 15 is 0 Å². The molecule has 33 heavy (non-hydrogen) atoms. The van der Waals surface area contributed by atoms with Gasteiger partial charge < -0.3 is 24.4 Å². The fraction of sp³-hybridized carbons (Fsp3) is 0.385. The van der Waals surface area contributed by atoms with Crippen LogP contribution in [0.4, 0.5) is 0 Å². The van der Waals surface area contributed by atoms with Crippen LogP contribution in [-0.2, 0) is 17.6 Å². The number of hydrogen-bond acceptors (Lipinski definition) is 6. The number of rotatable bonds is 5. The second kappa shape index (κ2) is 9.00. The van der Waals surface area contributed by atoms with Crippen LogP contribution in [0.5, 0.6) is 5.75 Å². The van der Waals surface area contributed by atoms with Crippen LogP contribution in [0.15, 0.2) is 40.9 Å². The van der Waals surface area contributed by atoms with E-state index in [4.69, 9.17) is 14.0 Å². The van der Waals surface area contributed by atoms with E-state index in [0.29, 0.717) is 37.4 Å². The fourth-order valence-electron chi connectivity index (χ4n) is 4.59. The zero-order chi connectivity index (χ0) is 22.9. The lowest BCUT2D eigenvalue weighted by Crippen LogP contribution is -2.48. The van der Waals surface area contributed by atoms with Gasteiger partial charge in [-0.1, -0.05) is 29.4 Å². The fourth-order valence-corrected chi connectivity index (χ4v) is 4.59. The first-order chi connectivity index (χ1) is 16.0. The molecule has 2 aliphatic rings. The largest absolute Gasteiger partial charge is 0.492 e. The third kappa shape index (κ3) is 4.38. The summed E-state index contributed by atoms with van der Waals surface area (Å²) in [4.78, 5) is 13.2. The van der Waals surface area contributed by atoms with Gasteiger partial charge in [0.1, 0.15) is 5.75 Å². The van der Waals surface area contributed by atoms with Crippen molar-refractivity contribution >= 4 is 5.91 Å². The molecule has 172 valence electrons. The van der Waals surface area contributed by atoms with Gasteiger partial charge in [0, 0.05) is 30.2 Å². The minimum atomic E-state index is -0.701. The van der Waals surface area contributed by atoms with E-state index in [1.54, 1.807) is 0 Å². The van der Waals surface area contributed by atoms with Crippen molar-refractivity contribution in [2.24, 2.45) is 0 Å². The highest BCUT2D eigenvalue weighted by Crippen LogP contribution is 2.36. The Labute approximate surface area is 192 Å². The van der Waals surface area contributed by atoms with Gasteiger partial charge in [-0.2, -0.15) is 0 Å². The van der Waals surface area contributed by atoms with E-state index in [1.807, 2.05) is 31.2 Å². The Balaban J connectivity index is 1.40. The first-order valence-corrected chi connectivity index (χ1v) is 11.4. The first kappa shape index (κ1) is 21.7.